The molecule has 2 heterocycles. The summed E-state index contributed by atoms with van der Waals surface area (Å²) in [5.41, 5.74) is 2.11. The highest BCUT2D eigenvalue weighted by Gasteiger charge is 2.31. The Morgan fingerprint density at radius 2 is 1.65 bits per heavy atom. The highest BCUT2D eigenvalue weighted by atomic mass is 16.3. The van der Waals surface area contributed by atoms with Crippen molar-refractivity contribution in [3.8, 4) is 0 Å². The van der Waals surface area contributed by atoms with E-state index in [9.17, 15) is 0 Å². The number of nitrogens with zero attached hydrogens (tertiary/aromatic N) is 1. The average molecular weight is 231 g/mol. The predicted molar refractivity (Wildman–Crippen MR) is 71.4 cm³/mol. The molecule has 0 aliphatic rings. The minimum Gasteiger partial charge on any atom is -0.442 e. The van der Waals surface area contributed by atoms with Gasteiger partial charge in [0.05, 0.1) is 0 Å². The van der Waals surface area contributed by atoms with E-state index in [-0.39, 0.29) is 10.8 Å². The molecule has 92 valence electrons. The van der Waals surface area contributed by atoms with E-state index < -0.39 is 0 Å². The molecule has 2 nitrogen and oxygen atoms in total. The number of pyridine rings is 1. The van der Waals surface area contributed by atoms with Crippen LogP contribution in [-0.2, 0) is 10.8 Å². The molecule has 0 unspecified atom stereocenters. The molecule has 0 fully saturated rings. The van der Waals surface area contributed by atoms with Crippen LogP contribution in [0.5, 0.6) is 0 Å². The maximum atomic E-state index is 5.98. The molecule has 0 N–H and O–H groups in total. The molecule has 0 radical (unpaired) electrons. The van der Waals surface area contributed by atoms with Crippen molar-refractivity contribution in [1.29, 1.82) is 0 Å². The lowest BCUT2D eigenvalue weighted by molar-refractivity contribution is 0.406. The van der Waals surface area contributed by atoms with Gasteiger partial charge in [0.1, 0.15) is 5.76 Å². The fourth-order valence-corrected chi connectivity index (χ4v) is 2.21. The number of fused-ring (bicyclic) bond motifs is 1. The molecule has 0 saturated carbocycles. The summed E-state index contributed by atoms with van der Waals surface area (Å²) in [7, 11) is 0. The zero-order valence-electron chi connectivity index (χ0n) is 11.6. The first kappa shape index (κ1) is 12.2. The Bertz CT molecular complexity index is 538. The summed E-state index contributed by atoms with van der Waals surface area (Å²) in [6.07, 6.45) is 1.78. The third-order valence-corrected chi connectivity index (χ3v) is 2.90. The van der Waals surface area contributed by atoms with Crippen LogP contribution in [0.1, 0.15) is 52.9 Å². The van der Waals surface area contributed by atoms with Crippen LogP contribution in [0.25, 0.3) is 11.1 Å². The van der Waals surface area contributed by atoms with Gasteiger partial charge in [0.2, 0.25) is 5.71 Å². The fraction of sp³-hybridized carbons (Fsp3) is 0.533. The van der Waals surface area contributed by atoms with Crippen molar-refractivity contribution < 1.29 is 4.42 Å². The van der Waals surface area contributed by atoms with Crippen molar-refractivity contribution in [1.82, 2.24) is 4.98 Å². The lowest BCUT2D eigenvalue weighted by Crippen LogP contribution is -2.20. The number of rotatable bonds is 0. The minimum absolute atomic E-state index is 0.00329. The average Bonchev–Trinajstić information content (AvgIpc) is 2.54. The Labute approximate surface area is 103 Å². The molecular formula is C15H21NO. The van der Waals surface area contributed by atoms with Crippen molar-refractivity contribution in [3.05, 3.63) is 29.7 Å². The summed E-state index contributed by atoms with van der Waals surface area (Å²) < 4.78 is 5.98. The Balaban J connectivity index is 2.84. The van der Waals surface area contributed by atoms with Gasteiger partial charge in [0, 0.05) is 22.6 Å². The first-order valence-corrected chi connectivity index (χ1v) is 6.10. The van der Waals surface area contributed by atoms with Crippen molar-refractivity contribution in [3.63, 3.8) is 0 Å². The topological polar surface area (TPSA) is 26.0 Å². The van der Waals surface area contributed by atoms with Crippen LogP contribution in [-0.4, -0.2) is 4.98 Å². The van der Waals surface area contributed by atoms with Crippen molar-refractivity contribution >= 4 is 11.1 Å². The van der Waals surface area contributed by atoms with Gasteiger partial charge in [-0.15, -0.1) is 0 Å². The first-order valence-electron chi connectivity index (χ1n) is 6.10. The van der Waals surface area contributed by atoms with Gasteiger partial charge in [0.25, 0.3) is 0 Å². The molecule has 0 spiro atoms. The van der Waals surface area contributed by atoms with Gasteiger partial charge in [-0.25, -0.2) is 4.98 Å². The third-order valence-electron chi connectivity index (χ3n) is 2.90. The van der Waals surface area contributed by atoms with E-state index >= 15 is 0 Å². The van der Waals surface area contributed by atoms with E-state index in [0.717, 1.165) is 16.9 Å². The zero-order chi connectivity index (χ0) is 12.8. The first-order chi connectivity index (χ1) is 7.71. The second kappa shape index (κ2) is 3.59. The smallest absolute Gasteiger partial charge is 0.226 e. The zero-order valence-corrected chi connectivity index (χ0v) is 11.6. The van der Waals surface area contributed by atoms with E-state index in [1.165, 1.54) is 5.56 Å². The van der Waals surface area contributed by atoms with Gasteiger partial charge < -0.3 is 4.42 Å². The van der Waals surface area contributed by atoms with Gasteiger partial charge in [0.15, 0.2) is 0 Å². The maximum absolute atomic E-state index is 5.98. The van der Waals surface area contributed by atoms with Crippen LogP contribution >= 0.6 is 0 Å². The van der Waals surface area contributed by atoms with Gasteiger partial charge in [-0.2, -0.15) is 0 Å². The van der Waals surface area contributed by atoms with Crippen LogP contribution < -0.4 is 0 Å². The molecule has 0 aliphatic carbocycles. The Kier molecular flexibility index (Phi) is 2.57. The molecule has 2 rings (SSSR count). The molecule has 0 aromatic carbocycles. The maximum Gasteiger partial charge on any atom is 0.226 e. The molecular weight excluding hydrogens is 210 g/mol. The van der Waals surface area contributed by atoms with Crippen LogP contribution in [0.2, 0.25) is 0 Å². The second-order valence-electron chi connectivity index (χ2n) is 6.66. The lowest BCUT2D eigenvalue weighted by atomic mass is 9.79. The van der Waals surface area contributed by atoms with Crippen LogP contribution in [0, 0.1) is 0 Å². The Morgan fingerprint density at radius 1 is 1.00 bits per heavy atom. The van der Waals surface area contributed by atoms with E-state index in [1.807, 2.05) is 6.07 Å². The molecule has 0 amide bonds. The van der Waals surface area contributed by atoms with Gasteiger partial charge in [-0.1, -0.05) is 41.5 Å². The van der Waals surface area contributed by atoms with Crippen LogP contribution in [0.3, 0.4) is 0 Å². The lowest BCUT2D eigenvalue weighted by Gasteiger charge is -2.24. The Morgan fingerprint density at radius 3 is 2.18 bits per heavy atom. The van der Waals surface area contributed by atoms with Crippen molar-refractivity contribution in [2.75, 3.05) is 0 Å². The summed E-state index contributed by atoms with van der Waals surface area (Å²) in [4.78, 5) is 4.32. The monoisotopic (exact) mass is 231 g/mol. The highest BCUT2D eigenvalue weighted by molar-refractivity contribution is 5.80. The summed E-state index contributed by atoms with van der Waals surface area (Å²) in [5.74, 6) is 1.05. The number of hydrogen-bond acceptors (Lipinski definition) is 2. The molecule has 2 heteroatoms. The van der Waals surface area contributed by atoms with Gasteiger partial charge in [-0.3, -0.25) is 0 Å². The minimum atomic E-state index is 0.00329. The number of aromatic nitrogens is 1. The number of furan rings is 1. The summed E-state index contributed by atoms with van der Waals surface area (Å²) in [6, 6.07) is 4.07. The predicted octanol–water partition coefficient (Wildman–Crippen LogP) is 4.42. The van der Waals surface area contributed by atoms with Gasteiger partial charge >= 0.3 is 0 Å². The second-order valence-corrected chi connectivity index (χ2v) is 6.66. The summed E-state index contributed by atoms with van der Waals surface area (Å²) in [6.45, 7) is 13.2. The molecule has 17 heavy (non-hydrogen) atoms. The quantitative estimate of drug-likeness (QED) is 0.670. The van der Waals surface area contributed by atoms with E-state index in [4.69, 9.17) is 4.42 Å². The molecule has 0 bridgehead atoms. The normalized spacial score (nSPS) is 13.3. The molecule has 2 aromatic heterocycles. The van der Waals surface area contributed by atoms with E-state index in [1.54, 1.807) is 6.20 Å². The largest absolute Gasteiger partial charge is 0.442 e. The summed E-state index contributed by atoms with van der Waals surface area (Å²) in [5, 5.41) is 1.14. The molecule has 2 aromatic rings. The van der Waals surface area contributed by atoms with Crippen LogP contribution in [0.4, 0.5) is 0 Å². The number of hydrogen-bond donors (Lipinski definition) is 0. The third kappa shape index (κ3) is 2.08. The van der Waals surface area contributed by atoms with Crippen molar-refractivity contribution in [2.45, 2.75) is 52.4 Å². The van der Waals surface area contributed by atoms with Crippen molar-refractivity contribution in [2.24, 2.45) is 0 Å². The van der Waals surface area contributed by atoms with E-state index in [0.29, 0.717) is 0 Å². The fourth-order valence-electron chi connectivity index (χ4n) is 2.21. The summed E-state index contributed by atoms with van der Waals surface area (Å²) >= 11 is 0. The standard InChI is InChI=1S/C15H21NO/c1-14(2,3)11-10-8-7-9-16-13(10)17-12(11)15(4,5)6/h7-9H,1-6H3. The van der Waals surface area contributed by atoms with Gasteiger partial charge in [-0.05, 0) is 17.5 Å². The van der Waals surface area contributed by atoms with E-state index in [2.05, 4.69) is 52.6 Å². The Hall–Kier alpha value is -1.31. The SMILES string of the molecule is CC(C)(C)c1oc2ncccc2c1C(C)(C)C. The molecule has 0 aliphatic heterocycles. The van der Waals surface area contributed by atoms with Crippen LogP contribution in [0.15, 0.2) is 22.7 Å². The molecule has 0 saturated heterocycles. The molecule has 0 atom stereocenters. The highest BCUT2D eigenvalue weighted by Crippen LogP contribution is 2.40.